The molecule has 0 aliphatic rings. The Morgan fingerprint density at radius 2 is 1.95 bits per heavy atom. The molecule has 0 spiro atoms. The van der Waals surface area contributed by atoms with Crippen molar-refractivity contribution in [3.63, 3.8) is 0 Å². The molecule has 19 heavy (non-hydrogen) atoms. The summed E-state index contributed by atoms with van der Waals surface area (Å²) < 4.78 is 0. The molecule has 0 fully saturated rings. The van der Waals surface area contributed by atoms with Crippen LogP contribution in [-0.4, -0.2) is 23.0 Å². The number of hydrogen-bond acceptors (Lipinski definition) is 3. The molecule has 5 heteroatoms. The van der Waals surface area contributed by atoms with Crippen molar-refractivity contribution in [3.8, 4) is 0 Å². The highest BCUT2D eigenvalue weighted by molar-refractivity contribution is 5.82. The average Bonchev–Trinajstić information content (AvgIpc) is 2.42. The van der Waals surface area contributed by atoms with Gasteiger partial charge < -0.3 is 16.2 Å². The summed E-state index contributed by atoms with van der Waals surface area (Å²) in [5.41, 5.74) is 6.69. The lowest BCUT2D eigenvalue weighted by Gasteiger charge is -2.20. The van der Waals surface area contributed by atoms with Gasteiger partial charge in [0.15, 0.2) is 0 Å². The minimum absolute atomic E-state index is 0.0930. The third-order valence-corrected chi connectivity index (χ3v) is 2.93. The van der Waals surface area contributed by atoms with E-state index in [1.165, 1.54) is 0 Å². The number of aliphatic carboxylic acids is 1. The first-order valence-electron chi connectivity index (χ1n) is 6.37. The van der Waals surface area contributed by atoms with E-state index in [4.69, 9.17) is 10.8 Å². The first-order valence-corrected chi connectivity index (χ1v) is 6.37. The summed E-state index contributed by atoms with van der Waals surface area (Å²) in [5.74, 6) is -1.25. The quantitative estimate of drug-likeness (QED) is 0.695. The molecule has 1 aromatic rings. The smallest absolute Gasteiger partial charge is 0.303 e. The minimum Gasteiger partial charge on any atom is -0.481 e. The van der Waals surface area contributed by atoms with Crippen molar-refractivity contribution in [1.82, 2.24) is 5.32 Å². The maximum atomic E-state index is 11.9. The Bertz CT molecular complexity index is 420. The van der Waals surface area contributed by atoms with E-state index >= 15 is 0 Å². The molecular formula is C14H20N2O3. The van der Waals surface area contributed by atoms with Gasteiger partial charge in [0.25, 0.3) is 0 Å². The number of nitrogens with one attached hydrogen (secondary N) is 1. The van der Waals surface area contributed by atoms with Crippen molar-refractivity contribution in [2.75, 3.05) is 0 Å². The zero-order valence-corrected chi connectivity index (χ0v) is 11.0. The van der Waals surface area contributed by atoms with Crippen LogP contribution in [0, 0.1) is 0 Å². The van der Waals surface area contributed by atoms with Gasteiger partial charge in [-0.3, -0.25) is 9.59 Å². The summed E-state index contributed by atoms with van der Waals surface area (Å²) in [4.78, 5) is 22.3. The van der Waals surface area contributed by atoms with Gasteiger partial charge in [-0.15, -0.1) is 0 Å². The van der Waals surface area contributed by atoms with Crippen LogP contribution in [0.25, 0.3) is 0 Å². The van der Waals surface area contributed by atoms with Gasteiger partial charge in [0.2, 0.25) is 5.91 Å². The van der Waals surface area contributed by atoms with Crippen LogP contribution in [0.2, 0.25) is 0 Å². The minimum atomic E-state index is -0.946. The van der Waals surface area contributed by atoms with E-state index in [0.29, 0.717) is 0 Å². The fraction of sp³-hybridized carbons (Fsp3) is 0.429. The van der Waals surface area contributed by atoms with Crippen molar-refractivity contribution < 1.29 is 14.7 Å². The number of carboxylic acids is 1. The highest BCUT2D eigenvalue weighted by Gasteiger charge is 2.18. The summed E-state index contributed by atoms with van der Waals surface area (Å²) >= 11 is 0. The second-order valence-electron chi connectivity index (χ2n) is 4.42. The van der Waals surface area contributed by atoms with Gasteiger partial charge in [-0.25, -0.2) is 0 Å². The Hall–Kier alpha value is -1.88. The topological polar surface area (TPSA) is 92.4 Å². The Morgan fingerprint density at radius 1 is 1.32 bits per heavy atom. The Morgan fingerprint density at radius 3 is 2.47 bits per heavy atom. The predicted molar refractivity (Wildman–Crippen MR) is 72.5 cm³/mol. The van der Waals surface area contributed by atoms with Crippen molar-refractivity contribution >= 4 is 11.9 Å². The average molecular weight is 264 g/mol. The predicted octanol–water partition coefficient (Wildman–Crippen LogP) is 1.45. The summed E-state index contributed by atoms with van der Waals surface area (Å²) in [5, 5.41) is 11.4. The third kappa shape index (κ3) is 5.09. The van der Waals surface area contributed by atoms with Crippen molar-refractivity contribution in [2.24, 2.45) is 5.73 Å². The van der Waals surface area contributed by atoms with Crippen LogP contribution in [0.3, 0.4) is 0 Å². The maximum Gasteiger partial charge on any atom is 0.303 e. The molecule has 1 rings (SSSR count). The molecule has 1 aromatic carbocycles. The van der Waals surface area contributed by atoms with Gasteiger partial charge in [0.1, 0.15) is 0 Å². The molecule has 0 heterocycles. The summed E-state index contributed by atoms with van der Waals surface area (Å²) in [6.07, 6.45) is 0.796. The number of nitrogens with two attached hydrogens (primary N) is 1. The SMILES string of the molecule is CCC(NC(=O)C(N)CCC(=O)O)c1ccccc1. The van der Waals surface area contributed by atoms with E-state index in [9.17, 15) is 9.59 Å². The lowest BCUT2D eigenvalue weighted by molar-refractivity contribution is -0.137. The lowest BCUT2D eigenvalue weighted by Crippen LogP contribution is -2.42. The number of amides is 1. The second kappa shape index (κ2) is 7.53. The van der Waals surface area contributed by atoms with Gasteiger partial charge in [-0.2, -0.15) is 0 Å². The zero-order chi connectivity index (χ0) is 14.3. The van der Waals surface area contributed by atoms with Crippen LogP contribution in [0.5, 0.6) is 0 Å². The third-order valence-electron chi connectivity index (χ3n) is 2.93. The highest BCUT2D eigenvalue weighted by atomic mass is 16.4. The molecule has 4 N–H and O–H groups in total. The maximum absolute atomic E-state index is 11.9. The molecule has 2 unspecified atom stereocenters. The molecule has 0 aliphatic carbocycles. The monoisotopic (exact) mass is 264 g/mol. The van der Waals surface area contributed by atoms with Crippen LogP contribution in [-0.2, 0) is 9.59 Å². The molecule has 0 aromatic heterocycles. The largest absolute Gasteiger partial charge is 0.481 e. The molecule has 0 aliphatic heterocycles. The second-order valence-corrected chi connectivity index (χ2v) is 4.42. The Kier molecular flexibility index (Phi) is 6.02. The van der Waals surface area contributed by atoms with E-state index in [-0.39, 0.29) is 24.8 Å². The molecule has 2 atom stereocenters. The molecule has 0 saturated heterocycles. The van der Waals surface area contributed by atoms with Gasteiger partial charge in [-0.05, 0) is 18.4 Å². The molecule has 104 valence electrons. The molecule has 0 bridgehead atoms. The molecule has 0 radical (unpaired) electrons. The molecule has 1 amide bonds. The molecular weight excluding hydrogens is 244 g/mol. The highest BCUT2D eigenvalue weighted by Crippen LogP contribution is 2.16. The Balaban J connectivity index is 2.56. The van der Waals surface area contributed by atoms with Crippen LogP contribution in [0.1, 0.15) is 37.8 Å². The van der Waals surface area contributed by atoms with Crippen LogP contribution in [0.15, 0.2) is 30.3 Å². The van der Waals surface area contributed by atoms with Crippen molar-refractivity contribution in [2.45, 2.75) is 38.3 Å². The number of benzene rings is 1. The summed E-state index contributed by atoms with van der Waals surface area (Å²) in [7, 11) is 0. The number of carbonyl (C=O) groups is 2. The van der Waals surface area contributed by atoms with Crippen LogP contribution in [0.4, 0.5) is 0 Å². The van der Waals surface area contributed by atoms with E-state index in [0.717, 1.165) is 12.0 Å². The first kappa shape index (κ1) is 15.2. The fourth-order valence-electron chi connectivity index (χ4n) is 1.80. The van der Waals surface area contributed by atoms with E-state index in [1.807, 2.05) is 37.3 Å². The van der Waals surface area contributed by atoms with Crippen molar-refractivity contribution in [3.05, 3.63) is 35.9 Å². The van der Waals surface area contributed by atoms with E-state index in [1.54, 1.807) is 0 Å². The number of carboxylic acid groups (broad SMARTS) is 1. The van der Waals surface area contributed by atoms with Crippen molar-refractivity contribution in [1.29, 1.82) is 0 Å². The van der Waals surface area contributed by atoms with E-state index < -0.39 is 12.0 Å². The van der Waals surface area contributed by atoms with Gasteiger partial charge in [0.05, 0.1) is 12.1 Å². The van der Waals surface area contributed by atoms with Crippen LogP contribution < -0.4 is 11.1 Å². The number of rotatable bonds is 7. The normalized spacial score (nSPS) is 13.6. The van der Waals surface area contributed by atoms with E-state index in [2.05, 4.69) is 5.32 Å². The van der Waals surface area contributed by atoms with Gasteiger partial charge in [0, 0.05) is 6.42 Å². The van der Waals surface area contributed by atoms with Gasteiger partial charge >= 0.3 is 5.97 Å². The molecule has 5 nitrogen and oxygen atoms in total. The first-order chi connectivity index (χ1) is 9.04. The summed E-state index contributed by atoms with van der Waals surface area (Å²) in [6.45, 7) is 1.97. The lowest BCUT2D eigenvalue weighted by atomic mass is 10.0. The Labute approximate surface area is 112 Å². The zero-order valence-electron chi connectivity index (χ0n) is 11.0. The van der Waals surface area contributed by atoms with Crippen LogP contribution >= 0.6 is 0 Å². The molecule has 0 saturated carbocycles. The number of hydrogen-bond donors (Lipinski definition) is 3. The fourth-order valence-corrected chi connectivity index (χ4v) is 1.80. The standard InChI is InChI=1S/C14H20N2O3/c1-2-12(10-6-4-3-5-7-10)16-14(19)11(15)8-9-13(17)18/h3-7,11-12H,2,8-9,15H2,1H3,(H,16,19)(H,17,18). The van der Waals surface area contributed by atoms with Gasteiger partial charge in [-0.1, -0.05) is 37.3 Å². The summed E-state index contributed by atoms with van der Waals surface area (Å²) in [6, 6.07) is 8.74. The number of carbonyl (C=O) groups excluding carboxylic acids is 1.